The lowest BCUT2D eigenvalue weighted by Gasteiger charge is -2.20. The standard InChI is InChI=1S/C12H27OP/c1-5-7-8-9-11-12(10-6-2)14(3,4)13/h12H,5-11H2,1-4H3. The van der Waals surface area contributed by atoms with Crippen molar-refractivity contribution >= 4 is 7.14 Å². The van der Waals surface area contributed by atoms with Crippen LogP contribution < -0.4 is 0 Å². The van der Waals surface area contributed by atoms with Crippen molar-refractivity contribution in [1.29, 1.82) is 0 Å². The summed E-state index contributed by atoms with van der Waals surface area (Å²) in [6.45, 7) is 8.32. The van der Waals surface area contributed by atoms with E-state index >= 15 is 0 Å². The Hall–Kier alpha value is 0.230. The largest absolute Gasteiger partial charge is 0.324 e. The first kappa shape index (κ1) is 14.2. The SMILES string of the molecule is CCCCCCC(CCC)P(C)(C)=O. The molecule has 0 amide bonds. The van der Waals surface area contributed by atoms with E-state index in [4.69, 9.17) is 0 Å². The fourth-order valence-electron chi connectivity index (χ4n) is 1.91. The molecular weight excluding hydrogens is 191 g/mol. The zero-order valence-electron chi connectivity index (χ0n) is 10.4. The molecule has 1 unspecified atom stereocenters. The lowest BCUT2D eigenvalue weighted by Crippen LogP contribution is -2.07. The van der Waals surface area contributed by atoms with E-state index in [1.165, 1.54) is 38.5 Å². The van der Waals surface area contributed by atoms with Crippen molar-refractivity contribution < 1.29 is 4.57 Å². The molecular formula is C12H27OP. The first-order valence-corrected chi connectivity index (χ1v) is 8.74. The molecule has 0 aromatic rings. The van der Waals surface area contributed by atoms with Crippen molar-refractivity contribution in [2.45, 2.75) is 64.5 Å². The summed E-state index contributed by atoms with van der Waals surface area (Å²) in [5.74, 6) is 0. The number of rotatable bonds is 8. The zero-order chi connectivity index (χ0) is 11.0. The van der Waals surface area contributed by atoms with Gasteiger partial charge in [0.2, 0.25) is 0 Å². The summed E-state index contributed by atoms with van der Waals surface area (Å²) in [6.07, 6.45) is 8.70. The van der Waals surface area contributed by atoms with Crippen LogP contribution in [0.25, 0.3) is 0 Å². The van der Waals surface area contributed by atoms with E-state index in [2.05, 4.69) is 13.8 Å². The molecule has 0 aliphatic heterocycles. The van der Waals surface area contributed by atoms with Gasteiger partial charge in [-0.15, -0.1) is 0 Å². The molecule has 0 radical (unpaired) electrons. The summed E-state index contributed by atoms with van der Waals surface area (Å²) in [5, 5.41) is 0. The summed E-state index contributed by atoms with van der Waals surface area (Å²) in [5.41, 5.74) is 0.490. The average molecular weight is 218 g/mol. The van der Waals surface area contributed by atoms with Gasteiger partial charge in [-0.05, 0) is 26.2 Å². The Kier molecular flexibility index (Phi) is 7.64. The van der Waals surface area contributed by atoms with Gasteiger partial charge in [-0.2, -0.15) is 0 Å². The summed E-state index contributed by atoms with van der Waals surface area (Å²) in [6, 6.07) is 0. The fraction of sp³-hybridized carbons (Fsp3) is 1.00. The third-order valence-corrected chi connectivity index (χ3v) is 5.17. The van der Waals surface area contributed by atoms with Crippen molar-refractivity contribution in [2.24, 2.45) is 0 Å². The Bertz CT molecular complexity index is 171. The highest BCUT2D eigenvalue weighted by molar-refractivity contribution is 7.63. The molecule has 2 heteroatoms. The maximum absolute atomic E-state index is 12.0. The Morgan fingerprint density at radius 2 is 1.57 bits per heavy atom. The zero-order valence-corrected chi connectivity index (χ0v) is 11.3. The normalized spacial score (nSPS) is 14.3. The van der Waals surface area contributed by atoms with Crippen LogP contribution in [-0.2, 0) is 4.57 Å². The second-order valence-corrected chi connectivity index (χ2v) is 8.32. The number of hydrogen-bond donors (Lipinski definition) is 0. The predicted molar refractivity (Wildman–Crippen MR) is 66.9 cm³/mol. The Balaban J connectivity index is 3.80. The molecule has 0 saturated heterocycles. The lowest BCUT2D eigenvalue weighted by atomic mass is 10.1. The van der Waals surface area contributed by atoms with Crippen molar-refractivity contribution in [2.75, 3.05) is 13.3 Å². The third kappa shape index (κ3) is 6.65. The van der Waals surface area contributed by atoms with Gasteiger partial charge in [0.1, 0.15) is 0 Å². The second-order valence-electron chi connectivity index (χ2n) is 4.73. The van der Waals surface area contributed by atoms with Crippen LogP contribution >= 0.6 is 7.14 Å². The van der Waals surface area contributed by atoms with Crippen LogP contribution in [0.5, 0.6) is 0 Å². The quantitative estimate of drug-likeness (QED) is 0.424. The molecule has 0 rings (SSSR count). The molecule has 0 heterocycles. The van der Waals surface area contributed by atoms with Gasteiger partial charge in [-0.25, -0.2) is 0 Å². The minimum absolute atomic E-state index is 0.490. The Morgan fingerprint density at radius 3 is 2.00 bits per heavy atom. The van der Waals surface area contributed by atoms with E-state index < -0.39 is 7.14 Å². The van der Waals surface area contributed by atoms with Crippen molar-refractivity contribution in [3.05, 3.63) is 0 Å². The van der Waals surface area contributed by atoms with E-state index in [-0.39, 0.29) is 0 Å². The smallest absolute Gasteiger partial charge is 0.0848 e. The molecule has 0 spiro atoms. The first-order valence-electron chi connectivity index (χ1n) is 6.07. The third-order valence-electron chi connectivity index (χ3n) is 2.89. The van der Waals surface area contributed by atoms with Crippen LogP contribution in [-0.4, -0.2) is 19.0 Å². The topological polar surface area (TPSA) is 17.1 Å². The fourth-order valence-corrected chi connectivity index (χ4v) is 3.59. The van der Waals surface area contributed by atoms with E-state index in [0.29, 0.717) is 5.66 Å². The molecule has 14 heavy (non-hydrogen) atoms. The van der Waals surface area contributed by atoms with Gasteiger partial charge in [0.25, 0.3) is 0 Å². The van der Waals surface area contributed by atoms with Gasteiger partial charge in [-0.1, -0.05) is 46.0 Å². The van der Waals surface area contributed by atoms with Gasteiger partial charge < -0.3 is 4.57 Å². The van der Waals surface area contributed by atoms with E-state index in [0.717, 1.165) is 6.42 Å². The molecule has 0 fully saturated rings. The maximum Gasteiger partial charge on any atom is 0.0848 e. The Morgan fingerprint density at radius 1 is 0.929 bits per heavy atom. The molecule has 1 atom stereocenters. The highest BCUT2D eigenvalue weighted by Gasteiger charge is 2.21. The molecule has 86 valence electrons. The molecule has 0 saturated carbocycles. The van der Waals surface area contributed by atoms with Crippen LogP contribution in [0.4, 0.5) is 0 Å². The van der Waals surface area contributed by atoms with E-state index in [1.54, 1.807) is 0 Å². The Labute approximate surface area is 90.0 Å². The van der Waals surface area contributed by atoms with E-state index in [1.807, 2.05) is 13.3 Å². The first-order chi connectivity index (χ1) is 6.52. The predicted octanol–water partition coefficient (Wildman–Crippen LogP) is 4.75. The van der Waals surface area contributed by atoms with Crippen LogP contribution in [0.3, 0.4) is 0 Å². The van der Waals surface area contributed by atoms with Gasteiger partial charge in [0, 0.05) is 5.66 Å². The molecule has 0 aliphatic carbocycles. The minimum atomic E-state index is -1.84. The lowest BCUT2D eigenvalue weighted by molar-refractivity contribution is 0.539. The highest BCUT2D eigenvalue weighted by Crippen LogP contribution is 2.46. The summed E-state index contributed by atoms with van der Waals surface area (Å²) in [4.78, 5) is 0. The van der Waals surface area contributed by atoms with Crippen molar-refractivity contribution in [1.82, 2.24) is 0 Å². The number of unbranched alkanes of at least 4 members (excludes halogenated alkanes) is 3. The van der Waals surface area contributed by atoms with Crippen LogP contribution in [0.1, 0.15) is 58.8 Å². The summed E-state index contributed by atoms with van der Waals surface area (Å²) in [7, 11) is -1.84. The van der Waals surface area contributed by atoms with Crippen LogP contribution in [0, 0.1) is 0 Å². The summed E-state index contributed by atoms with van der Waals surface area (Å²) < 4.78 is 12.0. The van der Waals surface area contributed by atoms with Crippen LogP contribution in [0.2, 0.25) is 0 Å². The average Bonchev–Trinajstić information content (AvgIpc) is 2.08. The second kappa shape index (κ2) is 7.51. The summed E-state index contributed by atoms with van der Waals surface area (Å²) >= 11 is 0. The molecule has 1 nitrogen and oxygen atoms in total. The molecule has 0 bridgehead atoms. The molecule has 0 aliphatic rings. The molecule has 0 N–H and O–H groups in total. The maximum atomic E-state index is 12.0. The molecule has 0 aromatic carbocycles. The van der Waals surface area contributed by atoms with E-state index in [9.17, 15) is 4.57 Å². The van der Waals surface area contributed by atoms with Crippen molar-refractivity contribution in [3.8, 4) is 0 Å². The van der Waals surface area contributed by atoms with Crippen molar-refractivity contribution in [3.63, 3.8) is 0 Å². The number of hydrogen-bond acceptors (Lipinski definition) is 1. The minimum Gasteiger partial charge on any atom is -0.324 e. The van der Waals surface area contributed by atoms with Gasteiger partial charge >= 0.3 is 0 Å². The van der Waals surface area contributed by atoms with Gasteiger partial charge in [-0.3, -0.25) is 0 Å². The highest BCUT2D eigenvalue weighted by atomic mass is 31.2. The van der Waals surface area contributed by atoms with Gasteiger partial charge in [0.15, 0.2) is 0 Å². The molecule has 0 aromatic heterocycles. The van der Waals surface area contributed by atoms with Gasteiger partial charge in [0.05, 0.1) is 7.14 Å². The monoisotopic (exact) mass is 218 g/mol. The van der Waals surface area contributed by atoms with Crippen LogP contribution in [0.15, 0.2) is 0 Å².